The summed E-state index contributed by atoms with van der Waals surface area (Å²) in [7, 11) is 0. The maximum Gasteiger partial charge on any atom is 0.311 e. The molecule has 0 saturated heterocycles. The number of ether oxygens (including phenoxy) is 2. The minimum Gasteiger partial charge on any atom is -0.494 e. The molecule has 0 aliphatic heterocycles. The predicted molar refractivity (Wildman–Crippen MR) is 77.9 cm³/mol. The van der Waals surface area contributed by atoms with Crippen molar-refractivity contribution in [1.82, 2.24) is 0 Å². The highest BCUT2D eigenvalue weighted by Gasteiger charge is 2.04. The van der Waals surface area contributed by atoms with Gasteiger partial charge in [-0.05, 0) is 37.1 Å². The molecule has 3 heteroatoms. The Hall–Kier alpha value is -2.29. The van der Waals surface area contributed by atoms with E-state index in [0.717, 1.165) is 18.6 Å². The van der Waals surface area contributed by atoms with E-state index in [1.54, 1.807) is 12.1 Å². The van der Waals surface area contributed by atoms with E-state index >= 15 is 0 Å². The molecule has 0 heterocycles. The van der Waals surface area contributed by atoms with Crippen LogP contribution in [0.5, 0.6) is 11.5 Å². The van der Waals surface area contributed by atoms with Crippen molar-refractivity contribution in [1.29, 1.82) is 0 Å². The zero-order chi connectivity index (χ0) is 14.0. The molecule has 0 bridgehead atoms. The quantitative estimate of drug-likeness (QED) is 0.435. The molecular weight excluding hydrogens is 252 g/mol. The van der Waals surface area contributed by atoms with Crippen LogP contribution in [0.2, 0.25) is 0 Å². The Labute approximate surface area is 119 Å². The number of carbonyl (C=O) groups excluding carboxylic acids is 1. The first-order chi connectivity index (χ1) is 9.84. The molecule has 0 radical (unpaired) electrons. The second-order valence-corrected chi connectivity index (χ2v) is 4.41. The molecule has 0 fully saturated rings. The Bertz CT molecular complexity index is 508. The van der Waals surface area contributed by atoms with E-state index in [-0.39, 0.29) is 5.97 Å². The summed E-state index contributed by atoms with van der Waals surface area (Å²) >= 11 is 0. The van der Waals surface area contributed by atoms with Crippen LogP contribution in [0.3, 0.4) is 0 Å². The van der Waals surface area contributed by atoms with Crippen molar-refractivity contribution in [2.45, 2.75) is 19.3 Å². The summed E-state index contributed by atoms with van der Waals surface area (Å²) in [6, 6.07) is 18.8. The average molecular weight is 270 g/mol. The highest BCUT2D eigenvalue weighted by atomic mass is 16.5. The zero-order valence-corrected chi connectivity index (χ0v) is 11.3. The van der Waals surface area contributed by atoms with E-state index in [0.29, 0.717) is 18.8 Å². The van der Waals surface area contributed by atoms with Crippen LogP contribution in [0, 0.1) is 0 Å². The van der Waals surface area contributed by atoms with Crippen molar-refractivity contribution in [2.24, 2.45) is 0 Å². The van der Waals surface area contributed by atoms with Gasteiger partial charge in [0.25, 0.3) is 0 Å². The molecule has 0 aromatic heterocycles. The number of carbonyl (C=O) groups is 1. The molecule has 0 unspecified atom stereocenters. The van der Waals surface area contributed by atoms with E-state index in [9.17, 15) is 4.79 Å². The Morgan fingerprint density at radius 1 is 0.800 bits per heavy atom. The van der Waals surface area contributed by atoms with Gasteiger partial charge in [-0.2, -0.15) is 0 Å². The molecule has 0 atom stereocenters. The van der Waals surface area contributed by atoms with Gasteiger partial charge in [-0.3, -0.25) is 4.79 Å². The van der Waals surface area contributed by atoms with Gasteiger partial charge < -0.3 is 9.47 Å². The van der Waals surface area contributed by atoms with Crippen molar-refractivity contribution in [2.75, 3.05) is 6.61 Å². The first-order valence-corrected chi connectivity index (χ1v) is 6.78. The van der Waals surface area contributed by atoms with E-state index in [1.165, 1.54) is 0 Å². The van der Waals surface area contributed by atoms with E-state index < -0.39 is 0 Å². The van der Waals surface area contributed by atoms with Gasteiger partial charge in [0.05, 0.1) is 6.61 Å². The first-order valence-electron chi connectivity index (χ1n) is 6.78. The Morgan fingerprint density at radius 3 is 2.05 bits per heavy atom. The molecule has 0 aliphatic rings. The van der Waals surface area contributed by atoms with Crippen LogP contribution in [0.4, 0.5) is 0 Å². The van der Waals surface area contributed by atoms with Gasteiger partial charge >= 0.3 is 5.97 Å². The summed E-state index contributed by atoms with van der Waals surface area (Å²) < 4.78 is 10.8. The second kappa shape index (κ2) is 8.00. The molecule has 0 aliphatic carbocycles. The molecule has 3 nitrogen and oxygen atoms in total. The first kappa shape index (κ1) is 14.1. The lowest BCUT2D eigenvalue weighted by atomic mass is 10.2. The number of rotatable bonds is 7. The summed E-state index contributed by atoms with van der Waals surface area (Å²) in [5, 5.41) is 0. The van der Waals surface area contributed by atoms with Crippen LogP contribution in [-0.2, 0) is 4.79 Å². The van der Waals surface area contributed by atoms with Crippen molar-refractivity contribution in [3.05, 3.63) is 60.7 Å². The van der Waals surface area contributed by atoms with Crippen molar-refractivity contribution >= 4 is 5.97 Å². The molecule has 0 N–H and O–H groups in total. The molecule has 104 valence electrons. The summed E-state index contributed by atoms with van der Waals surface area (Å²) in [4.78, 5) is 11.6. The van der Waals surface area contributed by atoms with Gasteiger partial charge in [0, 0.05) is 6.42 Å². The number of hydrogen-bond donors (Lipinski definition) is 0. The summed E-state index contributed by atoms with van der Waals surface area (Å²) in [6.45, 7) is 0.614. The van der Waals surface area contributed by atoms with Gasteiger partial charge in [0.2, 0.25) is 0 Å². The van der Waals surface area contributed by atoms with Crippen molar-refractivity contribution in [3.8, 4) is 11.5 Å². The van der Waals surface area contributed by atoms with Gasteiger partial charge in [0.15, 0.2) is 0 Å². The SMILES string of the molecule is O=C(CCCCOc1ccccc1)Oc1ccccc1. The normalized spacial score (nSPS) is 10.0. The highest BCUT2D eigenvalue weighted by Crippen LogP contribution is 2.11. The third-order valence-corrected chi connectivity index (χ3v) is 2.76. The lowest BCUT2D eigenvalue weighted by Gasteiger charge is -2.06. The van der Waals surface area contributed by atoms with E-state index in [2.05, 4.69) is 0 Å². The van der Waals surface area contributed by atoms with Crippen LogP contribution in [-0.4, -0.2) is 12.6 Å². The second-order valence-electron chi connectivity index (χ2n) is 4.41. The minimum absolute atomic E-state index is 0.198. The lowest BCUT2D eigenvalue weighted by Crippen LogP contribution is -2.08. The number of unbranched alkanes of at least 4 members (excludes halogenated alkanes) is 1. The van der Waals surface area contributed by atoms with Gasteiger partial charge in [0.1, 0.15) is 11.5 Å². The van der Waals surface area contributed by atoms with Gasteiger partial charge in [-0.25, -0.2) is 0 Å². The number of benzene rings is 2. The van der Waals surface area contributed by atoms with E-state index in [4.69, 9.17) is 9.47 Å². The topological polar surface area (TPSA) is 35.5 Å². The third kappa shape index (κ3) is 5.14. The largest absolute Gasteiger partial charge is 0.494 e. The maximum absolute atomic E-state index is 11.6. The van der Waals surface area contributed by atoms with Crippen molar-refractivity contribution < 1.29 is 14.3 Å². The average Bonchev–Trinajstić information content (AvgIpc) is 2.49. The summed E-state index contributed by atoms with van der Waals surface area (Å²) in [5.74, 6) is 1.26. The number of hydrogen-bond acceptors (Lipinski definition) is 3. The van der Waals surface area contributed by atoms with Gasteiger partial charge in [-0.15, -0.1) is 0 Å². The standard InChI is InChI=1S/C17H18O3/c18-17(20-16-11-5-2-6-12-16)13-7-8-14-19-15-9-3-1-4-10-15/h1-6,9-12H,7-8,13-14H2. The molecule has 2 aromatic rings. The Morgan fingerprint density at radius 2 is 1.40 bits per heavy atom. The molecule has 0 amide bonds. The minimum atomic E-state index is -0.198. The summed E-state index contributed by atoms with van der Waals surface area (Å²) in [5.41, 5.74) is 0. The molecule has 2 aromatic carbocycles. The molecule has 0 saturated carbocycles. The number of esters is 1. The van der Waals surface area contributed by atoms with Crippen LogP contribution >= 0.6 is 0 Å². The van der Waals surface area contributed by atoms with E-state index in [1.807, 2.05) is 48.5 Å². The molecular formula is C17H18O3. The maximum atomic E-state index is 11.6. The van der Waals surface area contributed by atoms with Crippen LogP contribution in [0.15, 0.2) is 60.7 Å². The smallest absolute Gasteiger partial charge is 0.311 e. The Kier molecular flexibility index (Phi) is 5.65. The fourth-order valence-corrected chi connectivity index (χ4v) is 1.75. The fraction of sp³-hybridized carbons (Fsp3) is 0.235. The van der Waals surface area contributed by atoms with Crippen molar-refractivity contribution in [3.63, 3.8) is 0 Å². The predicted octanol–water partition coefficient (Wildman–Crippen LogP) is 3.84. The van der Waals surface area contributed by atoms with Crippen LogP contribution in [0.1, 0.15) is 19.3 Å². The Balaban J connectivity index is 1.58. The third-order valence-electron chi connectivity index (χ3n) is 2.76. The summed E-state index contributed by atoms with van der Waals surface area (Å²) in [6.07, 6.45) is 2.00. The van der Waals surface area contributed by atoms with Crippen LogP contribution < -0.4 is 9.47 Å². The lowest BCUT2D eigenvalue weighted by molar-refractivity contribution is -0.134. The zero-order valence-electron chi connectivity index (χ0n) is 11.3. The molecule has 0 spiro atoms. The van der Waals surface area contributed by atoms with Crippen LogP contribution in [0.25, 0.3) is 0 Å². The highest BCUT2D eigenvalue weighted by molar-refractivity contribution is 5.72. The van der Waals surface area contributed by atoms with Gasteiger partial charge in [-0.1, -0.05) is 36.4 Å². The molecule has 2 rings (SSSR count). The monoisotopic (exact) mass is 270 g/mol. The number of para-hydroxylation sites is 2. The molecule has 20 heavy (non-hydrogen) atoms. The fourth-order valence-electron chi connectivity index (χ4n) is 1.75.